The van der Waals surface area contributed by atoms with Crippen LogP contribution in [0.3, 0.4) is 0 Å². The van der Waals surface area contributed by atoms with Crippen molar-refractivity contribution in [3.63, 3.8) is 0 Å². The standard InChI is InChI=1S/C19H14F3N3O3/c20-19(21,22)18(27)10-16(14-4-2-1-3-5-14)24-25(18)17(26)12-28-15-8-6-13(11-23)7-9-15/h1-9,27H,10,12H2/t18-/m0/s1. The van der Waals surface area contributed by atoms with E-state index in [0.717, 1.165) is 0 Å². The molecule has 144 valence electrons. The summed E-state index contributed by atoms with van der Waals surface area (Å²) in [5.74, 6) is -0.968. The second-order valence-electron chi connectivity index (χ2n) is 6.03. The Bertz CT molecular complexity index is 937. The van der Waals surface area contributed by atoms with E-state index in [4.69, 9.17) is 10.00 Å². The first kappa shape index (κ1) is 19.4. The van der Waals surface area contributed by atoms with Crippen LogP contribution in [0.5, 0.6) is 5.75 Å². The molecule has 0 aromatic heterocycles. The number of carbonyl (C=O) groups excluding carboxylic acids is 1. The van der Waals surface area contributed by atoms with Gasteiger partial charge in [0.1, 0.15) is 5.75 Å². The Hall–Kier alpha value is -3.38. The average molecular weight is 389 g/mol. The molecule has 0 fully saturated rings. The minimum atomic E-state index is -5.11. The summed E-state index contributed by atoms with van der Waals surface area (Å²) in [6.07, 6.45) is -6.00. The molecule has 1 atom stereocenters. The summed E-state index contributed by atoms with van der Waals surface area (Å²) >= 11 is 0. The number of halogens is 3. The van der Waals surface area contributed by atoms with Gasteiger partial charge in [-0.15, -0.1) is 0 Å². The van der Waals surface area contributed by atoms with E-state index in [0.29, 0.717) is 11.1 Å². The lowest BCUT2D eigenvalue weighted by atomic mass is 10.0. The number of alkyl halides is 3. The van der Waals surface area contributed by atoms with Gasteiger partial charge in [0.05, 0.1) is 23.8 Å². The molecule has 0 bridgehead atoms. The van der Waals surface area contributed by atoms with E-state index in [1.807, 2.05) is 6.07 Å². The number of hydrazone groups is 1. The summed E-state index contributed by atoms with van der Waals surface area (Å²) in [5, 5.41) is 22.7. The van der Waals surface area contributed by atoms with E-state index in [9.17, 15) is 23.1 Å². The predicted octanol–water partition coefficient (Wildman–Crippen LogP) is 2.82. The van der Waals surface area contributed by atoms with Gasteiger partial charge in [-0.3, -0.25) is 4.79 Å². The SMILES string of the molecule is N#Cc1ccc(OCC(=O)N2N=C(c3ccccc3)C[C@]2(O)C(F)(F)F)cc1. The summed E-state index contributed by atoms with van der Waals surface area (Å²) in [6, 6.07) is 15.6. The number of ether oxygens (including phenoxy) is 1. The van der Waals surface area contributed by atoms with Crippen LogP contribution in [-0.2, 0) is 4.79 Å². The number of hydrogen-bond donors (Lipinski definition) is 1. The minimum Gasteiger partial charge on any atom is -0.484 e. The monoisotopic (exact) mass is 389 g/mol. The smallest absolute Gasteiger partial charge is 0.438 e. The molecule has 0 saturated heterocycles. The van der Waals surface area contributed by atoms with Crippen molar-refractivity contribution >= 4 is 11.6 Å². The van der Waals surface area contributed by atoms with Gasteiger partial charge in [0.2, 0.25) is 0 Å². The fourth-order valence-corrected chi connectivity index (χ4v) is 2.65. The lowest BCUT2D eigenvalue weighted by Crippen LogP contribution is -2.57. The minimum absolute atomic E-state index is 0.0268. The number of aliphatic hydroxyl groups is 1. The molecule has 6 nitrogen and oxygen atoms in total. The summed E-state index contributed by atoms with van der Waals surface area (Å²) in [4.78, 5) is 12.4. The van der Waals surface area contributed by atoms with Crippen LogP contribution in [0.25, 0.3) is 0 Å². The van der Waals surface area contributed by atoms with Crippen LogP contribution in [0.2, 0.25) is 0 Å². The molecule has 1 aliphatic rings. The fraction of sp³-hybridized carbons (Fsp3) is 0.211. The topological polar surface area (TPSA) is 85.9 Å². The molecular formula is C19H14F3N3O3. The lowest BCUT2D eigenvalue weighted by Gasteiger charge is -2.32. The fourth-order valence-electron chi connectivity index (χ4n) is 2.65. The van der Waals surface area contributed by atoms with E-state index in [2.05, 4.69) is 5.10 Å². The Morgan fingerprint density at radius 3 is 2.43 bits per heavy atom. The molecule has 0 spiro atoms. The van der Waals surface area contributed by atoms with Crippen LogP contribution >= 0.6 is 0 Å². The molecular weight excluding hydrogens is 375 g/mol. The molecule has 9 heteroatoms. The second kappa shape index (κ2) is 7.32. The molecule has 28 heavy (non-hydrogen) atoms. The van der Waals surface area contributed by atoms with E-state index in [-0.39, 0.29) is 16.5 Å². The molecule has 2 aromatic carbocycles. The first-order valence-electron chi connectivity index (χ1n) is 8.12. The largest absolute Gasteiger partial charge is 0.484 e. The molecule has 1 aliphatic heterocycles. The Kier molecular flexibility index (Phi) is 5.07. The molecule has 3 rings (SSSR count). The first-order chi connectivity index (χ1) is 13.2. The third-order valence-electron chi connectivity index (χ3n) is 4.13. The molecule has 0 saturated carbocycles. The van der Waals surface area contributed by atoms with Gasteiger partial charge in [-0.25, -0.2) is 0 Å². The van der Waals surface area contributed by atoms with Crippen molar-refractivity contribution in [2.45, 2.75) is 18.3 Å². The van der Waals surface area contributed by atoms with Crippen molar-refractivity contribution in [1.82, 2.24) is 5.01 Å². The Balaban J connectivity index is 1.81. The molecule has 2 aromatic rings. The molecule has 0 unspecified atom stereocenters. The van der Waals surface area contributed by atoms with Crippen molar-refractivity contribution < 1.29 is 27.8 Å². The molecule has 1 N–H and O–H groups in total. The van der Waals surface area contributed by atoms with Gasteiger partial charge >= 0.3 is 6.18 Å². The van der Waals surface area contributed by atoms with E-state index in [1.165, 1.54) is 36.4 Å². The normalized spacial score (nSPS) is 19.1. The van der Waals surface area contributed by atoms with E-state index >= 15 is 0 Å². The first-order valence-corrected chi connectivity index (χ1v) is 8.12. The average Bonchev–Trinajstić information content (AvgIpc) is 3.06. The van der Waals surface area contributed by atoms with Crippen LogP contribution < -0.4 is 4.74 Å². The highest BCUT2D eigenvalue weighted by molar-refractivity contribution is 6.03. The van der Waals surface area contributed by atoms with Crippen LogP contribution in [0.15, 0.2) is 59.7 Å². The second-order valence-corrected chi connectivity index (χ2v) is 6.03. The maximum Gasteiger partial charge on any atom is 0.438 e. The molecule has 0 radical (unpaired) electrons. The number of carbonyl (C=O) groups is 1. The van der Waals surface area contributed by atoms with Crippen molar-refractivity contribution in [2.75, 3.05) is 6.61 Å². The van der Waals surface area contributed by atoms with Gasteiger partial charge in [-0.2, -0.15) is 28.5 Å². The Morgan fingerprint density at radius 1 is 1.21 bits per heavy atom. The molecule has 1 amide bonds. The highest BCUT2D eigenvalue weighted by atomic mass is 19.4. The van der Waals surface area contributed by atoms with Gasteiger partial charge in [-0.1, -0.05) is 30.3 Å². The summed E-state index contributed by atoms with van der Waals surface area (Å²) in [6.45, 7) is -0.768. The molecule has 0 aliphatic carbocycles. The van der Waals surface area contributed by atoms with E-state index in [1.54, 1.807) is 18.2 Å². The zero-order chi connectivity index (χ0) is 20.4. The zero-order valence-electron chi connectivity index (χ0n) is 14.3. The predicted molar refractivity (Wildman–Crippen MR) is 92.1 cm³/mol. The zero-order valence-corrected chi connectivity index (χ0v) is 14.3. The van der Waals surface area contributed by atoms with Crippen LogP contribution in [0, 0.1) is 11.3 Å². The Morgan fingerprint density at radius 2 is 1.86 bits per heavy atom. The van der Waals surface area contributed by atoms with Crippen molar-refractivity contribution in [2.24, 2.45) is 5.10 Å². The summed E-state index contributed by atoms with van der Waals surface area (Å²) < 4.78 is 45.7. The van der Waals surface area contributed by atoms with Gasteiger partial charge in [0, 0.05) is 0 Å². The highest BCUT2D eigenvalue weighted by Gasteiger charge is 2.63. The third-order valence-corrected chi connectivity index (χ3v) is 4.13. The lowest BCUT2D eigenvalue weighted by molar-refractivity contribution is -0.302. The Labute approximate surface area is 158 Å². The number of nitriles is 1. The van der Waals surface area contributed by atoms with Gasteiger partial charge in [0.15, 0.2) is 6.61 Å². The number of amides is 1. The molecule has 1 heterocycles. The summed E-state index contributed by atoms with van der Waals surface area (Å²) in [5.41, 5.74) is -2.79. The number of nitrogens with zero attached hydrogens (tertiary/aromatic N) is 3. The van der Waals surface area contributed by atoms with Crippen molar-refractivity contribution in [3.05, 3.63) is 65.7 Å². The van der Waals surface area contributed by atoms with E-state index < -0.39 is 30.8 Å². The van der Waals surface area contributed by atoms with Crippen LogP contribution in [0.1, 0.15) is 17.5 Å². The highest BCUT2D eigenvalue weighted by Crippen LogP contribution is 2.41. The van der Waals surface area contributed by atoms with Crippen molar-refractivity contribution in [1.29, 1.82) is 5.26 Å². The maximum absolute atomic E-state index is 13.5. The van der Waals surface area contributed by atoms with Crippen LogP contribution in [-0.4, -0.2) is 40.2 Å². The van der Waals surface area contributed by atoms with Gasteiger partial charge < -0.3 is 9.84 Å². The summed E-state index contributed by atoms with van der Waals surface area (Å²) in [7, 11) is 0. The number of rotatable bonds is 4. The third kappa shape index (κ3) is 3.68. The maximum atomic E-state index is 13.5. The van der Waals surface area contributed by atoms with Gasteiger partial charge in [-0.05, 0) is 29.8 Å². The van der Waals surface area contributed by atoms with Crippen molar-refractivity contribution in [3.8, 4) is 11.8 Å². The van der Waals surface area contributed by atoms with Crippen LogP contribution in [0.4, 0.5) is 13.2 Å². The van der Waals surface area contributed by atoms with Gasteiger partial charge in [0.25, 0.3) is 11.6 Å². The number of benzene rings is 2. The number of hydrogen-bond acceptors (Lipinski definition) is 5. The quantitative estimate of drug-likeness (QED) is 0.871.